The highest BCUT2D eigenvalue weighted by atomic mass is 79.9. The molecule has 3 heterocycles. The molecule has 1 aliphatic rings. The fourth-order valence-electron chi connectivity index (χ4n) is 3.74. The van der Waals surface area contributed by atoms with Crippen molar-refractivity contribution in [2.24, 2.45) is 10.9 Å². The van der Waals surface area contributed by atoms with Crippen molar-refractivity contribution in [3.63, 3.8) is 0 Å². The molecule has 7 heteroatoms. The van der Waals surface area contributed by atoms with Crippen LogP contribution in [0.3, 0.4) is 0 Å². The van der Waals surface area contributed by atoms with Crippen LogP contribution in [0.1, 0.15) is 43.9 Å². The Balaban J connectivity index is 1.99. The van der Waals surface area contributed by atoms with Gasteiger partial charge in [-0.15, -0.1) is 0 Å². The first kappa shape index (κ1) is 19.1. The second-order valence-electron chi connectivity index (χ2n) is 7.88. The van der Waals surface area contributed by atoms with Gasteiger partial charge in [-0.05, 0) is 60.3 Å². The van der Waals surface area contributed by atoms with Crippen molar-refractivity contribution in [3.05, 3.63) is 51.6 Å². The molecule has 28 heavy (non-hydrogen) atoms. The van der Waals surface area contributed by atoms with E-state index in [-0.39, 0.29) is 5.82 Å². The van der Waals surface area contributed by atoms with Crippen LogP contribution in [0.2, 0.25) is 0 Å². The van der Waals surface area contributed by atoms with Gasteiger partial charge in [-0.3, -0.25) is 4.57 Å². The van der Waals surface area contributed by atoms with Gasteiger partial charge in [0, 0.05) is 22.7 Å². The molecular formula is C21H22BrFN4O. The molecule has 1 aliphatic heterocycles. The summed E-state index contributed by atoms with van der Waals surface area (Å²) < 4.78 is 23.3. The van der Waals surface area contributed by atoms with E-state index in [0.717, 1.165) is 21.1 Å². The van der Waals surface area contributed by atoms with Crippen LogP contribution in [0.4, 0.5) is 4.39 Å². The zero-order chi connectivity index (χ0) is 20.2. The second-order valence-corrected chi connectivity index (χ2v) is 8.73. The van der Waals surface area contributed by atoms with Gasteiger partial charge in [-0.25, -0.2) is 19.4 Å². The molecule has 0 amide bonds. The first-order chi connectivity index (χ1) is 13.2. The maximum atomic E-state index is 14.3. The Hall–Kier alpha value is -2.28. The first-order valence-electron chi connectivity index (χ1n) is 9.27. The molecule has 0 radical (unpaired) electrons. The topological polar surface area (TPSA) is 52.3 Å². The Kier molecular flexibility index (Phi) is 4.53. The molecule has 0 fully saturated rings. The quantitative estimate of drug-likeness (QED) is 0.531. The molecule has 0 saturated heterocycles. The highest BCUT2D eigenvalue weighted by Gasteiger charge is 2.36. The lowest BCUT2D eigenvalue weighted by Gasteiger charge is -2.35. The molecule has 0 bridgehead atoms. The van der Waals surface area contributed by atoms with Crippen LogP contribution in [-0.4, -0.2) is 26.1 Å². The largest absolute Gasteiger partial charge is 0.465 e. The number of ether oxygens (including phenoxy) is 1. The van der Waals surface area contributed by atoms with Crippen molar-refractivity contribution in [2.45, 2.75) is 46.8 Å². The molecule has 0 saturated carbocycles. The number of halogens is 2. The van der Waals surface area contributed by atoms with Crippen LogP contribution in [0, 0.1) is 25.6 Å². The summed E-state index contributed by atoms with van der Waals surface area (Å²) in [5.41, 5.74) is 2.95. The van der Waals surface area contributed by atoms with E-state index in [9.17, 15) is 4.39 Å². The van der Waals surface area contributed by atoms with Crippen LogP contribution in [0.15, 0.2) is 34.1 Å². The lowest BCUT2D eigenvalue weighted by Crippen LogP contribution is -2.39. The van der Waals surface area contributed by atoms with Crippen molar-refractivity contribution in [1.29, 1.82) is 0 Å². The van der Waals surface area contributed by atoms with Crippen LogP contribution in [-0.2, 0) is 0 Å². The predicted octanol–water partition coefficient (Wildman–Crippen LogP) is 5.40. The average Bonchev–Trinajstić information content (AvgIpc) is 3.05. The smallest absolute Gasteiger partial charge is 0.199 e. The normalized spacial score (nSPS) is 18.9. The van der Waals surface area contributed by atoms with Gasteiger partial charge in [0.25, 0.3) is 0 Å². The number of hydrogen-bond acceptors (Lipinski definition) is 4. The van der Waals surface area contributed by atoms with E-state index in [4.69, 9.17) is 9.73 Å². The molecule has 0 N–H and O–H groups in total. The third-order valence-corrected chi connectivity index (χ3v) is 5.82. The molecule has 0 spiro atoms. The predicted molar refractivity (Wildman–Crippen MR) is 112 cm³/mol. The van der Waals surface area contributed by atoms with Gasteiger partial charge in [0.2, 0.25) is 0 Å². The van der Waals surface area contributed by atoms with E-state index in [0.29, 0.717) is 35.1 Å². The van der Waals surface area contributed by atoms with Crippen LogP contribution in [0.5, 0.6) is 5.75 Å². The number of aliphatic imine (C=N–C) groups is 1. The summed E-state index contributed by atoms with van der Waals surface area (Å²) in [6, 6.07) is 3.16. The number of nitrogens with zero attached hydrogens (tertiary/aromatic N) is 4. The van der Waals surface area contributed by atoms with Crippen LogP contribution in [0.25, 0.3) is 11.2 Å². The maximum absolute atomic E-state index is 14.3. The fraction of sp³-hybridized carbons (Fsp3) is 0.381. The number of pyridine rings is 1. The van der Waals surface area contributed by atoms with E-state index in [1.807, 2.05) is 18.4 Å². The minimum Gasteiger partial charge on any atom is -0.465 e. The molecule has 4 rings (SSSR count). The molecule has 5 nitrogen and oxygen atoms in total. The van der Waals surface area contributed by atoms with Crippen LogP contribution >= 0.6 is 15.9 Å². The van der Waals surface area contributed by atoms with E-state index in [2.05, 4.69) is 39.7 Å². The van der Waals surface area contributed by atoms with Gasteiger partial charge in [0.05, 0.1) is 5.56 Å². The number of aryl methyl sites for hydroxylation is 1. The number of aromatic nitrogens is 3. The Bertz CT molecular complexity index is 1120. The molecule has 1 unspecified atom stereocenters. The molecule has 1 atom stereocenters. The summed E-state index contributed by atoms with van der Waals surface area (Å²) in [6.07, 6.45) is 4.19. The number of rotatable bonds is 2. The third kappa shape index (κ3) is 3.02. The lowest BCUT2D eigenvalue weighted by atomic mass is 9.98. The second kappa shape index (κ2) is 6.65. The first-order valence-corrected chi connectivity index (χ1v) is 10.1. The van der Waals surface area contributed by atoms with Gasteiger partial charge < -0.3 is 4.74 Å². The van der Waals surface area contributed by atoms with Gasteiger partial charge in [-0.2, -0.15) is 0 Å². The summed E-state index contributed by atoms with van der Waals surface area (Å²) in [7, 11) is 0. The van der Waals surface area contributed by atoms with Crippen LogP contribution < -0.4 is 4.74 Å². The van der Waals surface area contributed by atoms with E-state index in [1.165, 1.54) is 6.07 Å². The minimum absolute atomic E-state index is 0.291. The Morgan fingerprint density at radius 3 is 2.68 bits per heavy atom. The van der Waals surface area contributed by atoms with E-state index in [1.54, 1.807) is 25.5 Å². The standard InChI is InChI=1S/C21H22BrFN4O/c1-11(2)8-21(5)26-19(14-6-7-16(23)13(4)18(14)28-21)27-10-25-17-12(3)15(22)9-24-20(17)27/h6-7,9-11H,8H2,1-5H3. The Morgan fingerprint density at radius 1 is 1.21 bits per heavy atom. The summed E-state index contributed by atoms with van der Waals surface area (Å²) in [4.78, 5) is 14.1. The zero-order valence-corrected chi connectivity index (χ0v) is 18.1. The molecule has 1 aromatic carbocycles. The fourth-order valence-corrected chi connectivity index (χ4v) is 4.03. The highest BCUT2D eigenvalue weighted by Crippen LogP contribution is 2.38. The SMILES string of the molecule is Cc1c(F)ccc2c1OC(C)(CC(C)C)N=C2n1cnc2c(C)c(Br)cnc21. The van der Waals surface area contributed by atoms with Crippen molar-refractivity contribution in [3.8, 4) is 5.75 Å². The Morgan fingerprint density at radius 2 is 1.96 bits per heavy atom. The van der Waals surface area contributed by atoms with Gasteiger partial charge in [0.1, 0.15) is 29.2 Å². The third-order valence-electron chi connectivity index (χ3n) is 5.02. The van der Waals surface area contributed by atoms with Crippen molar-refractivity contribution >= 4 is 32.9 Å². The van der Waals surface area contributed by atoms with Crippen molar-refractivity contribution < 1.29 is 9.13 Å². The molecule has 3 aromatic rings. The number of fused-ring (bicyclic) bond motifs is 2. The highest BCUT2D eigenvalue weighted by molar-refractivity contribution is 9.10. The molecule has 146 valence electrons. The van der Waals surface area contributed by atoms with Crippen molar-refractivity contribution in [2.75, 3.05) is 0 Å². The number of benzene rings is 1. The minimum atomic E-state index is -0.796. The zero-order valence-electron chi connectivity index (χ0n) is 16.5. The lowest BCUT2D eigenvalue weighted by molar-refractivity contribution is 0.0692. The number of hydrogen-bond donors (Lipinski definition) is 0. The Labute approximate surface area is 171 Å². The van der Waals surface area contributed by atoms with Crippen molar-refractivity contribution in [1.82, 2.24) is 14.5 Å². The number of imidazole rings is 1. The summed E-state index contributed by atoms with van der Waals surface area (Å²) in [6.45, 7) is 9.90. The molecule has 0 aliphatic carbocycles. The van der Waals surface area contributed by atoms with Gasteiger partial charge in [0.15, 0.2) is 11.4 Å². The summed E-state index contributed by atoms with van der Waals surface area (Å²) in [5.74, 6) is 1.27. The maximum Gasteiger partial charge on any atom is 0.199 e. The van der Waals surface area contributed by atoms with Gasteiger partial charge >= 0.3 is 0 Å². The van der Waals surface area contributed by atoms with E-state index < -0.39 is 5.72 Å². The van der Waals surface area contributed by atoms with Gasteiger partial charge in [-0.1, -0.05) is 13.8 Å². The summed E-state index contributed by atoms with van der Waals surface area (Å²) >= 11 is 3.51. The average molecular weight is 445 g/mol. The summed E-state index contributed by atoms with van der Waals surface area (Å²) in [5, 5.41) is 0. The molecular weight excluding hydrogens is 423 g/mol. The molecule has 2 aromatic heterocycles. The monoisotopic (exact) mass is 444 g/mol. The van der Waals surface area contributed by atoms with E-state index >= 15 is 0 Å².